The van der Waals surface area contributed by atoms with Gasteiger partial charge in [-0.05, 0) is 31.9 Å². The Labute approximate surface area is 125 Å². The number of carbonyl (C=O) groups is 2. The first-order chi connectivity index (χ1) is 9.91. The molecule has 1 rings (SSSR count). The topological polar surface area (TPSA) is 49.4 Å². The van der Waals surface area contributed by atoms with E-state index in [2.05, 4.69) is 5.32 Å². The second kappa shape index (κ2) is 8.39. The summed E-state index contributed by atoms with van der Waals surface area (Å²) >= 11 is 0. The molecule has 0 heterocycles. The standard InChI is InChI=1S/C16H23FN2O2/c1-12(2)19(13(3)20)11-9-16(21)18-10-8-14-6-4-5-7-15(14)17/h4-7,12H,8-11H2,1-3H3,(H,18,21). The Morgan fingerprint density at radius 2 is 1.95 bits per heavy atom. The van der Waals surface area contributed by atoms with Gasteiger partial charge in [0, 0.05) is 32.5 Å². The Balaban J connectivity index is 2.31. The van der Waals surface area contributed by atoms with Crippen LogP contribution >= 0.6 is 0 Å². The molecule has 0 spiro atoms. The van der Waals surface area contributed by atoms with Gasteiger partial charge in [-0.1, -0.05) is 18.2 Å². The molecule has 4 nitrogen and oxygen atoms in total. The molecule has 0 unspecified atom stereocenters. The maximum atomic E-state index is 13.4. The quantitative estimate of drug-likeness (QED) is 0.837. The van der Waals surface area contributed by atoms with Crippen molar-refractivity contribution in [3.05, 3.63) is 35.6 Å². The molecule has 5 heteroatoms. The van der Waals surface area contributed by atoms with Crippen molar-refractivity contribution in [1.29, 1.82) is 0 Å². The van der Waals surface area contributed by atoms with Crippen molar-refractivity contribution in [2.75, 3.05) is 13.1 Å². The zero-order valence-electron chi connectivity index (χ0n) is 12.9. The van der Waals surface area contributed by atoms with Crippen LogP contribution in [0.25, 0.3) is 0 Å². The molecule has 2 amide bonds. The van der Waals surface area contributed by atoms with Crippen LogP contribution in [-0.2, 0) is 16.0 Å². The van der Waals surface area contributed by atoms with Crippen LogP contribution in [0.5, 0.6) is 0 Å². The number of nitrogens with zero attached hydrogens (tertiary/aromatic N) is 1. The maximum Gasteiger partial charge on any atom is 0.221 e. The van der Waals surface area contributed by atoms with Crippen LogP contribution in [-0.4, -0.2) is 35.8 Å². The molecule has 1 aromatic carbocycles. The van der Waals surface area contributed by atoms with E-state index in [1.807, 2.05) is 13.8 Å². The molecule has 0 atom stereocenters. The van der Waals surface area contributed by atoms with E-state index < -0.39 is 0 Å². The molecule has 0 aliphatic rings. The molecule has 0 aliphatic carbocycles. The van der Waals surface area contributed by atoms with Crippen molar-refractivity contribution in [2.24, 2.45) is 0 Å². The van der Waals surface area contributed by atoms with Crippen LogP contribution in [0, 0.1) is 5.82 Å². The average molecular weight is 294 g/mol. The summed E-state index contributed by atoms with van der Waals surface area (Å²) in [6.45, 7) is 6.12. The van der Waals surface area contributed by atoms with E-state index in [1.54, 1.807) is 23.1 Å². The summed E-state index contributed by atoms with van der Waals surface area (Å²) in [5, 5.41) is 2.75. The highest BCUT2D eigenvalue weighted by Crippen LogP contribution is 2.06. The highest BCUT2D eigenvalue weighted by Gasteiger charge is 2.14. The molecule has 0 radical (unpaired) electrons. The minimum atomic E-state index is -0.255. The van der Waals surface area contributed by atoms with E-state index in [0.717, 1.165) is 0 Å². The Bertz CT molecular complexity index is 489. The van der Waals surface area contributed by atoms with E-state index in [4.69, 9.17) is 0 Å². The van der Waals surface area contributed by atoms with Gasteiger partial charge in [0.1, 0.15) is 5.82 Å². The van der Waals surface area contributed by atoms with E-state index in [-0.39, 0.29) is 30.1 Å². The van der Waals surface area contributed by atoms with E-state index in [9.17, 15) is 14.0 Å². The largest absolute Gasteiger partial charge is 0.356 e. The zero-order valence-corrected chi connectivity index (χ0v) is 12.9. The van der Waals surface area contributed by atoms with Crippen molar-refractivity contribution in [2.45, 2.75) is 39.7 Å². The third-order valence-electron chi connectivity index (χ3n) is 3.28. The van der Waals surface area contributed by atoms with Crippen molar-refractivity contribution in [1.82, 2.24) is 10.2 Å². The highest BCUT2D eigenvalue weighted by atomic mass is 19.1. The van der Waals surface area contributed by atoms with Crippen molar-refractivity contribution >= 4 is 11.8 Å². The number of nitrogens with one attached hydrogen (secondary N) is 1. The predicted octanol–water partition coefficient (Wildman–Crippen LogP) is 2.13. The van der Waals surface area contributed by atoms with Gasteiger partial charge < -0.3 is 10.2 Å². The summed E-state index contributed by atoms with van der Waals surface area (Å²) < 4.78 is 13.4. The van der Waals surface area contributed by atoms with Crippen molar-refractivity contribution < 1.29 is 14.0 Å². The minimum Gasteiger partial charge on any atom is -0.356 e. The lowest BCUT2D eigenvalue weighted by Gasteiger charge is -2.24. The molecule has 0 aromatic heterocycles. The lowest BCUT2D eigenvalue weighted by molar-refractivity contribution is -0.131. The SMILES string of the molecule is CC(=O)N(CCC(=O)NCCc1ccccc1F)C(C)C. The van der Waals surface area contributed by atoms with Crippen LogP contribution < -0.4 is 5.32 Å². The smallest absolute Gasteiger partial charge is 0.221 e. The maximum absolute atomic E-state index is 13.4. The minimum absolute atomic E-state index is 0.0378. The Morgan fingerprint density at radius 1 is 1.29 bits per heavy atom. The first-order valence-electron chi connectivity index (χ1n) is 7.19. The monoisotopic (exact) mass is 294 g/mol. The van der Waals surface area contributed by atoms with Crippen LogP contribution in [0.1, 0.15) is 32.8 Å². The normalized spacial score (nSPS) is 10.5. The van der Waals surface area contributed by atoms with Crippen LogP contribution in [0.15, 0.2) is 24.3 Å². The van der Waals surface area contributed by atoms with E-state index >= 15 is 0 Å². The number of hydrogen-bond donors (Lipinski definition) is 1. The van der Waals surface area contributed by atoms with Crippen molar-refractivity contribution in [3.63, 3.8) is 0 Å². The van der Waals surface area contributed by atoms with Crippen molar-refractivity contribution in [3.8, 4) is 0 Å². The number of benzene rings is 1. The molecular formula is C16H23FN2O2. The molecule has 0 saturated carbocycles. The van der Waals surface area contributed by atoms with E-state index in [1.165, 1.54) is 13.0 Å². The van der Waals surface area contributed by atoms with Gasteiger partial charge in [0.15, 0.2) is 0 Å². The molecule has 1 aromatic rings. The molecular weight excluding hydrogens is 271 g/mol. The molecule has 116 valence electrons. The second-order valence-corrected chi connectivity index (χ2v) is 5.25. The molecule has 0 aliphatic heterocycles. The molecule has 0 fully saturated rings. The van der Waals surface area contributed by atoms with Gasteiger partial charge in [-0.25, -0.2) is 4.39 Å². The number of carbonyl (C=O) groups excluding carboxylic acids is 2. The highest BCUT2D eigenvalue weighted by molar-refractivity contribution is 5.78. The zero-order chi connectivity index (χ0) is 15.8. The van der Waals surface area contributed by atoms with Gasteiger partial charge in [-0.2, -0.15) is 0 Å². The van der Waals surface area contributed by atoms with Gasteiger partial charge in [0.05, 0.1) is 0 Å². The first-order valence-corrected chi connectivity index (χ1v) is 7.19. The predicted molar refractivity (Wildman–Crippen MR) is 80.3 cm³/mol. The number of rotatable bonds is 7. The molecule has 1 N–H and O–H groups in total. The summed E-state index contributed by atoms with van der Waals surface area (Å²) in [4.78, 5) is 24.8. The Morgan fingerprint density at radius 3 is 2.52 bits per heavy atom. The average Bonchev–Trinajstić information content (AvgIpc) is 2.40. The fourth-order valence-corrected chi connectivity index (χ4v) is 2.13. The lowest BCUT2D eigenvalue weighted by atomic mass is 10.1. The number of hydrogen-bond acceptors (Lipinski definition) is 2. The summed E-state index contributed by atoms with van der Waals surface area (Å²) in [7, 11) is 0. The first kappa shape index (κ1) is 17.1. The number of amides is 2. The third kappa shape index (κ3) is 5.94. The fraction of sp³-hybridized carbons (Fsp3) is 0.500. The Hall–Kier alpha value is -1.91. The van der Waals surface area contributed by atoms with Crippen LogP contribution in [0.4, 0.5) is 4.39 Å². The Kier molecular flexibility index (Phi) is 6.85. The summed E-state index contributed by atoms with van der Waals surface area (Å²) in [6, 6.07) is 6.60. The van der Waals surface area contributed by atoms with Crippen LogP contribution in [0.3, 0.4) is 0 Å². The van der Waals surface area contributed by atoms with Gasteiger partial charge in [0.2, 0.25) is 11.8 Å². The van der Waals surface area contributed by atoms with Gasteiger partial charge >= 0.3 is 0 Å². The summed E-state index contributed by atoms with van der Waals surface area (Å²) in [6.07, 6.45) is 0.716. The van der Waals surface area contributed by atoms with Gasteiger partial charge in [0.25, 0.3) is 0 Å². The van der Waals surface area contributed by atoms with Crippen LogP contribution in [0.2, 0.25) is 0 Å². The molecule has 21 heavy (non-hydrogen) atoms. The van der Waals surface area contributed by atoms with E-state index in [0.29, 0.717) is 25.1 Å². The summed E-state index contributed by atoms with van der Waals surface area (Å²) in [5.74, 6) is -0.420. The second-order valence-electron chi connectivity index (χ2n) is 5.25. The lowest BCUT2D eigenvalue weighted by Crippen LogP contribution is -2.38. The number of halogens is 1. The fourth-order valence-electron chi connectivity index (χ4n) is 2.13. The molecule has 0 bridgehead atoms. The third-order valence-corrected chi connectivity index (χ3v) is 3.28. The van der Waals surface area contributed by atoms with Gasteiger partial charge in [-0.15, -0.1) is 0 Å². The van der Waals surface area contributed by atoms with Gasteiger partial charge in [-0.3, -0.25) is 9.59 Å². The summed E-state index contributed by atoms with van der Waals surface area (Å²) in [5.41, 5.74) is 0.588. The molecule has 0 saturated heterocycles.